The molecule has 0 fully saturated rings. The summed E-state index contributed by atoms with van der Waals surface area (Å²) in [4.78, 5) is 31.3. The first kappa shape index (κ1) is 18.2. The van der Waals surface area contributed by atoms with Crippen molar-refractivity contribution in [2.45, 2.75) is 24.9 Å². The van der Waals surface area contributed by atoms with E-state index in [9.17, 15) is 9.59 Å². The molecule has 1 heterocycles. The number of thioether (sulfide) groups is 1. The van der Waals surface area contributed by atoms with Crippen LogP contribution in [0.4, 0.5) is 0 Å². The third kappa shape index (κ3) is 3.96. The summed E-state index contributed by atoms with van der Waals surface area (Å²) in [6, 6.07) is 14.4. The molecule has 0 atom stereocenters. The molecule has 0 spiro atoms. The van der Waals surface area contributed by atoms with Gasteiger partial charge in [0.2, 0.25) is 5.91 Å². The summed E-state index contributed by atoms with van der Waals surface area (Å²) in [5.74, 6) is 0.117. The molecule has 0 radical (unpaired) electrons. The van der Waals surface area contributed by atoms with Crippen LogP contribution in [0.5, 0.6) is 0 Å². The third-order valence-electron chi connectivity index (χ3n) is 4.29. The molecular weight excluding hydrogens is 346 g/mol. The second kappa shape index (κ2) is 8.19. The molecule has 3 aromatic rings. The van der Waals surface area contributed by atoms with Crippen molar-refractivity contribution in [1.82, 2.24) is 15.3 Å². The summed E-state index contributed by atoms with van der Waals surface area (Å²) in [6.45, 7) is 1.95. The first-order valence-corrected chi connectivity index (χ1v) is 9.53. The third-order valence-corrected chi connectivity index (χ3v) is 5.16. The van der Waals surface area contributed by atoms with Crippen molar-refractivity contribution in [2.24, 2.45) is 0 Å². The fourth-order valence-corrected chi connectivity index (χ4v) is 3.69. The van der Waals surface area contributed by atoms with E-state index in [-0.39, 0.29) is 17.2 Å². The summed E-state index contributed by atoms with van der Waals surface area (Å²) in [5.41, 5.74) is 2.48. The van der Waals surface area contributed by atoms with Crippen LogP contribution in [0.25, 0.3) is 10.8 Å². The molecule has 134 valence electrons. The monoisotopic (exact) mass is 367 g/mol. The molecule has 0 bridgehead atoms. The maximum absolute atomic E-state index is 12.5. The summed E-state index contributed by atoms with van der Waals surface area (Å²) in [7, 11) is 1.59. The van der Waals surface area contributed by atoms with Gasteiger partial charge in [-0.05, 0) is 22.8 Å². The molecule has 0 unspecified atom stereocenters. The fraction of sp³-hybridized carbons (Fsp3) is 0.250. The van der Waals surface area contributed by atoms with E-state index in [0.717, 1.165) is 11.3 Å². The van der Waals surface area contributed by atoms with Crippen LogP contribution in [0, 0.1) is 0 Å². The van der Waals surface area contributed by atoms with Crippen molar-refractivity contribution in [3.05, 3.63) is 69.6 Å². The van der Waals surface area contributed by atoms with Gasteiger partial charge in [0, 0.05) is 19.0 Å². The number of nitrogens with zero attached hydrogens (tertiary/aromatic N) is 1. The van der Waals surface area contributed by atoms with Crippen molar-refractivity contribution < 1.29 is 4.79 Å². The molecule has 0 saturated heterocycles. The molecule has 0 saturated carbocycles. The van der Waals surface area contributed by atoms with Gasteiger partial charge in [0.15, 0.2) is 5.16 Å². The number of hydrogen-bond acceptors (Lipinski definition) is 4. The maximum Gasteiger partial charge on any atom is 0.254 e. The molecule has 6 heteroatoms. The smallest absolute Gasteiger partial charge is 0.254 e. The van der Waals surface area contributed by atoms with Crippen LogP contribution in [-0.2, 0) is 17.6 Å². The van der Waals surface area contributed by atoms with Gasteiger partial charge in [0.1, 0.15) is 0 Å². The van der Waals surface area contributed by atoms with Gasteiger partial charge in [-0.15, -0.1) is 0 Å². The highest BCUT2D eigenvalue weighted by Crippen LogP contribution is 2.22. The summed E-state index contributed by atoms with van der Waals surface area (Å²) < 4.78 is 0. The number of hydrogen-bond donors (Lipinski definition) is 2. The Morgan fingerprint density at radius 2 is 1.96 bits per heavy atom. The zero-order chi connectivity index (χ0) is 18.5. The Bertz CT molecular complexity index is 993. The van der Waals surface area contributed by atoms with E-state index in [1.807, 2.05) is 25.1 Å². The number of amides is 1. The molecule has 2 N–H and O–H groups in total. The van der Waals surface area contributed by atoms with Crippen LogP contribution in [0.1, 0.15) is 23.7 Å². The molecular formula is C20H21N3O2S. The Balaban J connectivity index is 1.98. The molecule has 26 heavy (non-hydrogen) atoms. The largest absolute Gasteiger partial charge is 0.358 e. The van der Waals surface area contributed by atoms with Crippen molar-refractivity contribution in [2.75, 3.05) is 12.8 Å². The Kier molecular flexibility index (Phi) is 5.73. The van der Waals surface area contributed by atoms with Gasteiger partial charge >= 0.3 is 0 Å². The lowest BCUT2D eigenvalue weighted by Gasteiger charge is -2.11. The Morgan fingerprint density at radius 3 is 2.73 bits per heavy atom. The quantitative estimate of drug-likeness (QED) is 0.519. The number of aromatic amines is 1. The molecule has 2 aromatic carbocycles. The Labute approximate surface area is 156 Å². The van der Waals surface area contributed by atoms with Gasteiger partial charge in [-0.2, -0.15) is 0 Å². The molecule has 3 rings (SSSR count). The summed E-state index contributed by atoms with van der Waals surface area (Å²) in [5, 5.41) is 5.38. The van der Waals surface area contributed by atoms with Crippen molar-refractivity contribution in [3.63, 3.8) is 0 Å². The highest BCUT2D eigenvalue weighted by atomic mass is 32.2. The summed E-state index contributed by atoms with van der Waals surface area (Å²) >= 11 is 1.24. The van der Waals surface area contributed by atoms with E-state index in [2.05, 4.69) is 39.6 Å². The van der Waals surface area contributed by atoms with E-state index in [4.69, 9.17) is 0 Å². The normalized spacial score (nSPS) is 10.8. The molecule has 5 nitrogen and oxygen atoms in total. The number of benzene rings is 2. The van der Waals surface area contributed by atoms with Crippen LogP contribution < -0.4 is 10.9 Å². The number of rotatable bonds is 6. The first-order chi connectivity index (χ1) is 12.6. The average molecular weight is 367 g/mol. The zero-order valence-electron chi connectivity index (χ0n) is 14.8. The van der Waals surface area contributed by atoms with Gasteiger partial charge in [0.05, 0.1) is 11.4 Å². The molecule has 1 aromatic heterocycles. The van der Waals surface area contributed by atoms with E-state index in [1.54, 1.807) is 7.05 Å². The first-order valence-electron chi connectivity index (χ1n) is 8.54. The number of fused-ring (bicyclic) bond motifs is 1. The highest BCUT2D eigenvalue weighted by Gasteiger charge is 2.13. The van der Waals surface area contributed by atoms with Crippen LogP contribution in [0.15, 0.2) is 52.4 Å². The summed E-state index contributed by atoms with van der Waals surface area (Å²) in [6.07, 6.45) is 1.20. The van der Waals surface area contributed by atoms with E-state index >= 15 is 0 Å². The van der Waals surface area contributed by atoms with Crippen LogP contribution in [-0.4, -0.2) is 28.7 Å². The minimum absolute atomic E-state index is 0.104. The van der Waals surface area contributed by atoms with Crippen LogP contribution in [0.3, 0.4) is 0 Å². The van der Waals surface area contributed by atoms with E-state index in [0.29, 0.717) is 23.6 Å². The lowest BCUT2D eigenvalue weighted by molar-refractivity contribution is -0.118. The minimum Gasteiger partial charge on any atom is -0.358 e. The number of H-pyrrole nitrogens is 1. The highest BCUT2D eigenvalue weighted by molar-refractivity contribution is 7.99. The van der Waals surface area contributed by atoms with Gasteiger partial charge in [-0.1, -0.05) is 61.2 Å². The van der Waals surface area contributed by atoms with Gasteiger partial charge in [0.25, 0.3) is 5.56 Å². The van der Waals surface area contributed by atoms with Crippen molar-refractivity contribution in [1.29, 1.82) is 0 Å². The molecule has 0 aliphatic carbocycles. The van der Waals surface area contributed by atoms with E-state index in [1.165, 1.54) is 22.5 Å². The van der Waals surface area contributed by atoms with Gasteiger partial charge in [-0.25, -0.2) is 4.98 Å². The number of carbonyl (C=O) groups is 1. The standard InChI is InChI=1S/C20H21N3O2S/c1-3-15-17(22-20(23-19(15)25)26-12-18(24)21-2)11-14-9-6-8-13-7-4-5-10-16(13)14/h4-10H,3,11-12H2,1-2H3,(H,21,24)(H,22,23,25). The van der Waals surface area contributed by atoms with Crippen molar-refractivity contribution in [3.8, 4) is 0 Å². The lowest BCUT2D eigenvalue weighted by Crippen LogP contribution is -2.22. The van der Waals surface area contributed by atoms with Gasteiger partial charge < -0.3 is 10.3 Å². The fourth-order valence-electron chi connectivity index (χ4n) is 2.93. The SMILES string of the molecule is CCc1c(Cc2cccc3ccccc23)nc(SCC(=O)NC)[nH]c1=O. The number of aromatic nitrogens is 2. The Morgan fingerprint density at radius 1 is 1.19 bits per heavy atom. The minimum atomic E-state index is -0.128. The molecule has 0 aliphatic rings. The number of carbonyl (C=O) groups excluding carboxylic acids is 1. The lowest BCUT2D eigenvalue weighted by atomic mass is 9.99. The average Bonchev–Trinajstić information content (AvgIpc) is 2.66. The number of nitrogens with one attached hydrogen (secondary N) is 2. The zero-order valence-corrected chi connectivity index (χ0v) is 15.7. The molecule has 0 aliphatic heterocycles. The predicted molar refractivity (Wildman–Crippen MR) is 106 cm³/mol. The van der Waals surface area contributed by atoms with Crippen molar-refractivity contribution >= 4 is 28.4 Å². The second-order valence-electron chi connectivity index (χ2n) is 5.93. The van der Waals surface area contributed by atoms with Crippen LogP contribution in [0.2, 0.25) is 0 Å². The molecule has 1 amide bonds. The van der Waals surface area contributed by atoms with Crippen LogP contribution >= 0.6 is 11.8 Å². The topological polar surface area (TPSA) is 74.8 Å². The van der Waals surface area contributed by atoms with E-state index < -0.39 is 0 Å². The van der Waals surface area contributed by atoms with Gasteiger partial charge in [-0.3, -0.25) is 9.59 Å². The Hall–Kier alpha value is -2.60. The maximum atomic E-state index is 12.5. The predicted octanol–water partition coefficient (Wildman–Crippen LogP) is 2.91. The second-order valence-corrected chi connectivity index (χ2v) is 6.89.